The average molecular weight is 185 g/mol. The summed E-state index contributed by atoms with van der Waals surface area (Å²) in [6.07, 6.45) is 6.37. The number of H-pyrrole nitrogens is 1. The van der Waals surface area contributed by atoms with Gasteiger partial charge >= 0.3 is 0 Å². The number of para-hydroxylation sites is 1. The van der Waals surface area contributed by atoms with Gasteiger partial charge in [0.25, 0.3) is 0 Å². The molecule has 1 aromatic carbocycles. The Morgan fingerprint density at radius 3 is 2.86 bits per heavy atom. The first-order valence-electron chi connectivity index (χ1n) is 5.43. The van der Waals surface area contributed by atoms with Crippen LogP contribution in [0.3, 0.4) is 0 Å². The second-order valence-electron chi connectivity index (χ2n) is 4.37. The minimum Gasteiger partial charge on any atom is -0.361 e. The van der Waals surface area contributed by atoms with E-state index in [0.717, 1.165) is 5.92 Å². The smallest absolute Gasteiger partial charge is 0.0486 e. The normalized spacial score (nSPS) is 17.2. The lowest BCUT2D eigenvalue weighted by Gasteiger charge is -2.24. The molecular weight excluding hydrogens is 170 g/mol. The van der Waals surface area contributed by atoms with Gasteiger partial charge in [0.05, 0.1) is 0 Å². The maximum absolute atomic E-state index is 3.41. The fraction of sp³-hybridized carbons (Fsp3) is 0.385. The molecule has 0 radical (unpaired) electrons. The molecule has 0 bridgehead atoms. The molecule has 1 aliphatic rings. The quantitative estimate of drug-likeness (QED) is 0.696. The summed E-state index contributed by atoms with van der Waals surface area (Å²) in [5.74, 6) is 0.825. The zero-order valence-corrected chi connectivity index (χ0v) is 8.51. The van der Waals surface area contributed by atoms with Gasteiger partial charge in [0.2, 0.25) is 0 Å². The lowest BCUT2D eigenvalue weighted by Crippen LogP contribution is -2.07. The topological polar surface area (TPSA) is 15.8 Å². The van der Waals surface area contributed by atoms with E-state index in [1.54, 1.807) is 0 Å². The predicted molar refractivity (Wildman–Crippen MR) is 59.6 cm³/mol. The number of benzene rings is 1. The Hall–Kier alpha value is -1.24. The number of aromatic amines is 1. The van der Waals surface area contributed by atoms with E-state index < -0.39 is 0 Å². The largest absolute Gasteiger partial charge is 0.361 e. The second-order valence-corrected chi connectivity index (χ2v) is 4.37. The van der Waals surface area contributed by atoms with Crippen molar-refractivity contribution in [2.45, 2.75) is 32.1 Å². The summed E-state index contributed by atoms with van der Waals surface area (Å²) in [6.45, 7) is 2.17. The van der Waals surface area contributed by atoms with E-state index in [-0.39, 0.29) is 0 Å². The highest BCUT2D eigenvalue weighted by atomic mass is 14.7. The fourth-order valence-corrected chi connectivity index (χ4v) is 2.38. The molecule has 1 fully saturated rings. The van der Waals surface area contributed by atoms with Crippen molar-refractivity contribution in [3.05, 3.63) is 35.5 Å². The maximum Gasteiger partial charge on any atom is 0.0486 e. The summed E-state index contributed by atoms with van der Waals surface area (Å²) in [6, 6.07) is 6.57. The van der Waals surface area contributed by atoms with Crippen molar-refractivity contribution in [2.75, 3.05) is 0 Å². The van der Waals surface area contributed by atoms with Crippen LogP contribution in [0.25, 0.3) is 10.9 Å². The van der Waals surface area contributed by atoms with Crippen molar-refractivity contribution in [1.29, 1.82) is 0 Å². The molecule has 0 saturated heterocycles. The van der Waals surface area contributed by atoms with Crippen molar-refractivity contribution >= 4 is 10.9 Å². The van der Waals surface area contributed by atoms with Crippen molar-refractivity contribution in [2.24, 2.45) is 0 Å². The monoisotopic (exact) mass is 185 g/mol. The standard InChI is InChI=1S/C13H15N/c1-9-4-2-7-11-12(8-14-13(9)11)10-5-3-6-10/h2,4,7-8,10,14H,3,5-6H2,1H3. The van der Waals surface area contributed by atoms with Gasteiger partial charge in [-0.05, 0) is 36.8 Å². The lowest BCUT2D eigenvalue weighted by atomic mass is 9.80. The van der Waals surface area contributed by atoms with Gasteiger partial charge in [-0.15, -0.1) is 0 Å². The van der Waals surface area contributed by atoms with E-state index in [1.807, 2.05) is 0 Å². The number of hydrogen-bond acceptors (Lipinski definition) is 0. The van der Waals surface area contributed by atoms with Crippen LogP contribution in [0.15, 0.2) is 24.4 Å². The third-order valence-electron chi connectivity index (χ3n) is 3.50. The van der Waals surface area contributed by atoms with Crippen molar-refractivity contribution in [3.8, 4) is 0 Å². The van der Waals surface area contributed by atoms with Crippen LogP contribution in [0, 0.1) is 6.92 Å². The van der Waals surface area contributed by atoms with Gasteiger partial charge in [0, 0.05) is 17.1 Å². The van der Waals surface area contributed by atoms with Gasteiger partial charge in [-0.1, -0.05) is 24.6 Å². The minimum atomic E-state index is 0.825. The molecule has 1 nitrogen and oxygen atoms in total. The van der Waals surface area contributed by atoms with Crippen LogP contribution in [0.2, 0.25) is 0 Å². The predicted octanol–water partition coefficient (Wildman–Crippen LogP) is 3.74. The van der Waals surface area contributed by atoms with Crippen LogP contribution in [0.4, 0.5) is 0 Å². The molecule has 0 unspecified atom stereocenters. The number of aryl methyl sites for hydroxylation is 1. The Bertz CT molecular complexity index is 463. The van der Waals surface area contributed by atoms with Crippen molar-refractivity contribution < 1.29 is 0 Å². The van der Waals surface area contributed by atoms with E-state index in [0.29, 0.717) is 0 Å². The summed E-state index contributed by atoms with van der Waals surface area (Å²) in [7, 11) is 0. The molecule has 1 aliphatic carbocycles. The fourth-order valence-electron chi connectivity index (χ4n) is 2.38. The van der Waals surface area contributed by atoms with E-state index in [9.17, 15) is 0 Å². The molecule has 2 aromatic rings. The Kier molecular flexibility index (Phi) is 1.66. The molecular formula is C13H15N. The maximum atomic E-state index is 3.41. The first-order valence-corrected chi connectivity index (χ1v) is 5.43. The number of fused-ring (bicyclic) bond motifs is 1. The molecule has 0 spiro atoms. The van der Waals surface area contributed by atoms with E-state index in [4.69, 9.17) is 0 Å². The second kappa shape index (κ2) is 2.88. The Morgan fingerprint density at radius 2 is 2.14 bits per heavy atom. The van der Waals surface area contributed by atoms with Crippen LogP contribution < -0.4 is 0 Å². The van der Waals surface area contributed by atoms with Crippen LogP contribution in [-0.4, -0.2) is 4.98 Å². The van der Waals surface area contributed by atoms with E-state index >= 15 is 0 Å². The number of aromatic nitrogens is 1. The zero-order chi connectivity index (χ0) is 9.54. The number of rotatable bonds is 1. The van der Waals surface area contributed by atoms with Gasteiger partial charge in [0.15, 0.2) is 0 Å². The van der Waals surface area contributed by atoms with Gasteiger partial charge in [-0.2, -0.15) is 0 Å². The van der Waals surface area contributed by atoms with Crippen molar-refractivity contribution in [1.82, 2.24) is 4.98 Å². The summed E-state index contributed by atoms with van der Waals surface area (Å²) in [5, 5.41) is 1.44. The lowest BCUT2D eigenvalue weighted by molar-refractivity contribution is 0.422. The van der Waals surface area contributed by atoms with Crippen molar-refractivity contribution in [3.63, 3.8) is 0 Å². The SMILES string of the molecule is Cc1cccc2c(C3CCC3)c[nH]c12. The van der Waals surface area contributed by atoms with Crippen LogP contribution >= 0.6 is 0 Å². The number of hydrogen-bond donors (Lipinski definition) is 1. The zero-order valence-electron chi connectivity index (χ0n) is 8.51. The molecule has 1 saturated carbocycles. The summed E-state index contributed by atoms with van der Waals surface area (Å²) in [5.41, 5.74) is 4.22. The molecule has 1 N–H and O–H groups in total. The first kappa shape index (κ1) is 8.10. The third kappa shape index (κ3) is 1.02. The molecule has 1 aromatic heterocycles. The minimum absolute atomic E-state index is 0.825. The molecule has 0 aliphatic heterocycles. The van der Waals surface area contributed by atoms with Gasteiger partial charge < -0.3 is 4.98 Å². The molecule has 1 heteroatoms. The van der Waals surface area contributed by atoms with E-state index in [2.05, 4.69) is 36.3 Å². The van der Waals surface area contributed by atoms with Crippen LogP contribution in [0.5, 0.6) is 0 Å². The molecule has 1 heterocycles. The summed E-state index contributed by atoms with van der Waals surface area (Å²) < 4.78 is 0. The summed E-state index contributed by atoms with van der Waals surface area (Å²) in [4.78, 5) is 3.41. The van der Waals surface area contributed by atoms with Crippen LogP contribution in [-0.2, 0) is 0 Å². The highest BCUT2D eigenvalue weighted by Gasteiger charge is 2.22. The van der Waals surface area contributed by atoms with Gasteiger partial charge in [-0.3, -0.25) is 0 Å². The Morgan fingerprint density at radius 1 is 1.29 bits per heavy atom. The van der Waals surface area contributed by atoms with Gasteiger partial charge in [0.1, 0.15) is 0 Å². The number of nitrogens with one attached hydrogen (secondary N) is 1. The summed E-state index contributed by atoms with van der Waals surface area (Å²) >= 11 is 0. The highest BCUT2D eigenvalue weighted by Crippen LogP contribution is 2.39. The van der Waals surface area contributed by atoms with Gasteiger partial charge in [-0.25, -0.2) is 0 Å². The molecule has 14 heavy (non-hydrogen) atoms. The Balaban J connectivity index is 2.20. The Labute approximate surface area is 84.1 Å². The van der Waals surface area contributed by atoms with Crippen LogP contribution in [0.1, 0.15) is 36.3 Å². The molecule has 0 amide bonds. The highest BCUT2D eigenvalue weighted by molar-refractivity contribution is 5.86. The first-order chi connectivity index (χ1) is 6.86. The van der Waals surface area contributed by atoms with E-state index in [1.165, 1.54) is 41.3 Å². The molecule has 3 rings (SSSR count). The molecule has 0 atom stereocenters. The average Bonchev–Trinajstić information content (AvgIpc) is 2.48. The molecule has 72 valence electrons. The third-order valence-corrected chi connectivity index (χ3v) is 3.50.